The Kier molecular flexibility index (Phi) is 9.08. The first-order valence-electron chi connectivity index (χ1n) is 12.7. The molecule has 3 aromatic rings. The molecular formula is C30H29ClF4N3O2+. The smallest absolute Gasteiger partial charge is 0.358 e. The molecule has 0 saturated heterocycles. The maximum Gasteiger partial charge on any atom is 0.416 e. The fourth-order valence-electron chi connectivity index (χ4n) is 4.52. The topological polar surface area (TPSA) is 78.3 Å². The van der Waals surface area contributed by atoms with Crippen LogP contribution in [0.4, 0.5) is 17.6 Å². The van der Waals surface area contributed by atoms with Crippen LogP contribution >= 0.6 is 11.6 Å². The van der Waals surface area contributed by atoms with Gasteiger partial charge in [-0.1, -0.05) is 48.0 Å². The van der Waals surface area contributed by atoms with Gasteiger partial charge in [0.25, 0.3) is 5.91 Å². The van der Waals surface area contributed by atoms with Crippen molar-refractivity contribution in [3.05, 3.63) is 111 Å². The summed E-state index contributed by atoms with van der Waals surface area (Å²) >= 11 is 6.20. The van der Waals surface area contributed by atoms with Crippen LogP contribution in [0.2, 0.25) is 5.02 Å². The molecule has 5 nitrogen and oxygen atoms in total. The van der Waals surface area contributed by atoms with Crippen LogP contribution in [-0.4, -0.2) is 30.9 Å². The SMILES string of the molecule is Cc1ccc(F)c(Cl)c1C(C)OC1C=C(c2ccc(C(=O)NCCc3cccc(C(F)(F)F)c3)cc2)C=[NH+]C1N. The molecule has 1 aliphatic heterocycles. The first-order chi connectivity index (χ1) is 18.9. The number of allylic oxidation sites excluding steroid dienone is 1. The predicted octanol–water partition coefficient (Wildman–Crippen LogP) is 4.76. The average molecular weight is 575 g/mol. The summed E-state index contributed by atoms with van der Waals surface area (Å²) in [7, 11) is 0. The van der Waals surface area contributed by atoms with Crippen LogP contribution in [0.1, 0.15) is 51.2 Å². The van der Waals surface area contributed by atoms with Crippen molar-refractivity contribution < 1.29 is 32.1 Å². The van der Waals surface area contributed by atoms with Crippen molar-refractivity contribution in [1.29, 1.82) is 0 Å². The van der Waals surface area contributed by atoms with Gasteiger partial charge < -0.3 is 10.1 Å². The number of hydrogen-bond acceptors (Lipinski definition) is 3. The molecule has 210 valence electrons. The molecule has 0 saturated carbocycles. The molecule has 0 bridgehead atoms. The molecule has 3 aromatic carbocycles. The number of ether oxygens (including phenoxy) is 1. The molecule has 4 N–H and O–H groups in total. The standard InChI is InChI=1S/C30H28ClF4N3O2/c1-17-6-11-24(32)27(31)26(17)18(2)40-25-15-22(16-38-28(25)36)20-7-9-21(10-8-20)29(39)37-13-12-19-4-3-5-23(14-19)30(33,34)35/h3-11,14-16,18,25,28H,12-13,36H2,1-2H3,(H,37,39)/p+1. The third-order valence-corrected chi connectivity index (χ3v) is 7.07. The lowest BCUT2D eigenvalue weighted by Crippen LogP contribution is -2.84. The monoisotopic (exact) mass is 574 g/mol. The number of alkyl halides is 3. The zero-order valence-corrected chi connectivity index (χ0v) is 22.6. The zero-order valence-electron chi connectivity index (χ0n) is 21.9. The lowest BCUT2D eigenvalue weighted by molar-refractivity contribution is -0.510. The number of halogens is 5. The first-order valence-corrected chi connectivity index (χ1v) is 13.0. The van der Waals surface area contributed by atoms with E-state index in [1.54, 1.807) is 49.5 Å². The van der Waals surface area contributed by atoms with Crippen molar-refractivity contribution in [2.24, 2.45) is 5.73 Å². The van der Waals surface area contributed by atoms with Crippen molar-refractivity contribution in [3.63, 3.8) is 0 Å². The minimum atomic E-state index is -4.41. The minimum absolute atomic E-state index is 0.0179. The Morgan fingerprint density at radius 1 is 1.15 bits per heavy atom. The van der Waals surface area contributed by atoms with Gasteiger partial charge in [0.15, 0.2) is 12.3 Å². The second kappa shape index (κ2) is 12.3. The zero-order chi connectivity index (χ0) is 29.0. The molecule has 3 unspecified atom stereocenters. The maximum atomic E-state index is 14.0. The average Bonchev–Trinajstić information content (AvgIpc) is 2.92. The molecule has 0 radical (unpaired) electrons. The molecule has 0 fully saturated rings. The summed E-state index contributed by atoms with van der Waals surface area (Å²) in [5, 5.41) is 2.76. The number of hydrogen-bond donors (Lipinski definition) is 3. The molecular weight excluding hydrogens is 546 g/mol. The normalized spacial score (nSPS) is 17.9. The second-order valence-electron chi connectivity index (χ2n) is 9.58. The van der Waals surface area contributed by atoms with E-state index in [1.165, 1.54) is 12.1 Å². The van der Waals surface area contributed by atoms with Crippen molar-refractivity contribution in [2.75, 3.05) is 6.54 Å². The fourth-order valence-corrected chi connectivity index (χ4v) is 4.88. The summed E-state index contributed by atoms with van der Waals surface area (Å²) in [6, 6.07) is 14.9. The highest BCUT2D eigenvalue weighted by atomic mass is 35.5. The van der Waals surface area contributed by atoms with Gasteiger partial charge in [0, 0.05) is 23.2 Å². The van der Waals surface area contributed by atoms with Crippen LogP contribution < -0.4 is 16.0 Å². The highest BCUT2D eigenvalue weighted by Gasteiger charge is 2.30. The number of benzene rings is 3. The predicted molar refractivity (Wildman–Crippen MR) is 146 cm³/mol. The number of aryl methyl sites for hydroxylation is 1. The van der Waals surface area contributed by atoms with Gasteiger partial charge in [0.2, 0.25) is 6.17 Å². The van der Waals surface area contributed by atoms with Crippen LogP contribution in [0.5, 0.6) is 0 Å². The summed E-state index contributed by atoms with van der Waals surface area (Å²) in [5.74, 6) is -0.856. The molecule has 1 aliphatic rings. The molecule has 1 heterocycles. The van der Waals surface area contributed by atoms with Gasteiger partial charge in [-0.3, -0.25) is 10.5 Å². The van der Waals surface area contributed by atoms with Gasteiger partial charge in [-0.2, -0.15) is 13.2 Å². The van der Waals surface area contributed by atoms with E-state index in [4.69, 9.17) is 22.1 Å². The third kappa shape index (κ3) is 6.96. The van der Waals surface area contributed by atoms with Crippen LogP contribution in [0, 0.1) is 12.7 Å². The van der Waals surface area contributed by atoms with E-state index in [0.29, 0.717) is 16.7 Å². The number of amides is 1. The van der Waals surface area contributed by atoms with E-state index in [2.05, 4.69) is 10.3 Å². The summed E-state index contributed by atoms with van der Waals surface area (Å²) in [5.41, 5.74) is 9.34. The Labute approximate surface area is 234 Å². The minimum Gasteiger partial charge on any atom is -0.358 e. The molecule has 0 aromatic heterocycles. The molecule has 3 atom stereocenters. The van der Waals surface area contributed by atoms with E-state index in [9.17, 15) is 22.4 Å². The molecule has 0 spiro atoms. The Hall–Kier alpha value is -3.53. The molecule has 10 heteroatoms. The van der Waals surface area contributed by atoms with Gasteiger partial charge in [-0.25, -0.2) is 9.38 Å². The van der Waals surface area contributed by atoms with Crippen LogP contribution in [-0.2, 0) is 17.3 Å². The number of nitrogens with two attached hydrogens (primary N) is 1. The highest BCUT2D eigenvalue weighted by molar-refractivity contribution is 6.31. The summed E-state index contributed by atoms with van der Waals surface area (Å²) in [4.78, 5) is 15.7. The summed E-state index contributed by atoms with van der Waals surface area (Å²) in [6.45, 7) is 3.80. The highest BCUT2D eigenvalue weighted by Crippen LogP contribution is 2.32. The number of carbonyl (C=O) groups excluding carboxylic acids is 1. The number of rotatable bonds is 8. The van der Waals surface area contributed by atoms with Crippen LogP contribution in [0.15, 0.2) is 66.7 Å². The Bertz CT molecular complexity index is 1440. The van der Waals surface area contributed by atoms with Crippen molar-refractivity contribution in [2.45, 2.75) is 44.8 Å². The van der Waals surface area contributed by atoms with Crippen LogP contribution in [0.3, 0.4) is 0 Å². The molecule has 0 aliphatic carbocycles. The van der Waals surface area contributed by atoms with Crippen molar-refractivity contribution in [3.8, 4) is 0 Å². The van der Waals surface area contributed by atoms with Crippen molar-refractivity contribution in [1.82, 2.24) is 5.32 Å². The molecule has 4 rings (SSSR count). The van der Waals surface area contributed by atoms with Gasteiger partial charge in [-0.15, -0.1) is 0 Å². The lowest BCUT2D eigenvalue weighted by atomic mass is 9.99. The number of nitrogens with one attached hydrogen (secondary N) is 2. The van der Waals surface area contributed by atoms with E-state index >= 15 is 0 Å². The van der Waals surface area contributed by atoms with E-state index in [1.807, 2.05) is 13.0 Å². The van der Waals surface area contributed by atoms with E-state index in [0.717, 1.165) is 28.8 Å². The van der Waals surface area contributed by atoms with Crippen LogP contribution in [0.25, 0.3) is 5.57 Å². The van der Waals surface area contributed by atoms with Gasteiger partial charge in [-0.05, 0) is 67.3 Å². The largest absolute Gasteiger partial charge is 0.416 e. The summed E-state index contributed by atoms with van der Waals surface area (Å²) in [6.07, 6.45) is -2.16. The second-order valence-corrected chi connectivity index (χ2v) is 9.95. The van der Waals surface area contributed by atoms with Gasteiger partial charge in [0.05, 0.1) is 16.7 Å². The Balaban J connectivity index is 1.38. The Morgan fingerprint density at radius 3 is 2.58 bits per heavy atom. The van der Waals surface area contributed by atoms with E-state index < -0.39 is 35.9 Å². The first kappa shape index (κ1) is 29.5. The fraction of sp³-hybridized carbons (Fsp3) is 0.267. The molecule has 1 amide bonds. The van der Waals surface area contributed by atoms with Gasteiger partial charge in [0.1, 0.15) is 5.82 Å². The van der Waals surface area contributed by atoms with Crippen molar-refractivity contribution >= 4 is 29.3 Å². The number of carbonyl (C=O) groups is 1. The van der Waals surface area contributed by atoms with E-state index in [-0.39, 0.29) is 23.9 Å². The Morgan fingerprint density at radius 2 is 1.88 bits per heavy atom. The molecule has 40 heavy (non-hydrogen) atoms. The third-order valence-electron chi connectivity index (χ3n) is 6.68. The lowest BCUT2D eigenvalue weighted by Gasteiger charge is -2.25. The van der Waals surface area contributed by atoms with Gasteiger partial charge >= 0.3 is 6.18 Å². The summed E-state index contributed by atoms with van der Waals surface area (Å²) < 4.78 is 58.9. The maximum absolute atomic E-state index is 14.0. The quantitative estimate of drug-likeness (QED) is 0.340.